The number of benzene rings is 1. The van der Waals surface area contributed by atoms with Gasteiger partial charge in [0.1, 0.15) is 0 Å². The van der Waals surface area contributed by atoms with Gasteiger partial charge in [-0.05, 0) is 13.0 Å². The van der Waals surface area contributed by atoms with Gasteiger partial charge in [-0.3, -0.25) is 10.1 Å². The van der Waals surface area contributed by atoms with Gasteiger partial charge in [0.25, 0.3) is 5.69 Å². The Kier molecular flexibility index (Phi) is 3.62. The summed E-state index contributed by atoms with van der Waals surface area (Å²) in [4.78, 5) is 10.1. The first-order chi connectivity index (χ1) is 7.06. The maximum atomic E-state index is 10.6. The lowest BCUT2D eigenvalue weighted by molar-refractivity contribution is -0.384. The molecule has 0 bridgehead atoms. The van der Waals surface area contributed by atoms with Crippen LogP contribution in [-0.2, 0) is 0 Å². The van der Waals surface area contributed by atoms with Gasteiger partial charge in [0.2, 0.25) is 0 Å². The Morgan fingerprint density at radius 1 is 1.60 bits per heavy atom. The molecule has 0 heterocycles. The summed E-state index contributed by atoms with van der Waals surface area (Å²) in [6.45, 7) is 1.72. The second kappa shape index (κ2) is 4.75. The number of rotatable bonds is 3. The number of hydrogen-bond donors (Lipinski definition) is 1. The van der Waals surface area contributed by atoms with Gasteiger partial charge in [0.05, 0.1) is 15.7 Å². The van der Waals surface area contributed by atoms with Crippen LogP contribution in [0.1, 0.15) is 12.5 Å². The fourth-order valence-corrected chi connectivity index (χ4v) is 1.39. The van der Waals surface area contributed by atoms with Crippen molar-refractivity contribution < 1.29 is 4.92 Å². The van der Waals surface area contributed by atoms with Crippen LogP contribution in [0.5, 0.6) is 0 Å². The smallest absolute Gasteiger partial charge is 0.270 e. The summed E-state index contributed by atoms with van der Waals surface area (Å²) >= 11 is 5.90. The van der Waals surface area contributed by atoms with Gasteiger partial charge in [-0.2, -0.15) is 5.10 Å². The lowest BCUT2D eigenvalue weighted by Crippen LogP contribution is -2.04. The highest BCUT2D eigenvalue weighted by atomic mass is 35.5. The molecule has 0 radical (unpaired) electrons. The number of non-ortho nitro benzene ring substituents is 1. The van der Waals surface area contributed by atoms with Crippen molar-refractivity contribution in [2.45, 2.75) is 6.92 Å². The summed E-state index contributed by atoms with van der Waals surface area (Å²) in [5.41, 5.74) is 3.76. The normalized spacial score (nSPS) is 11.3. The SMILES string of the molecule is CNN=C(C)c1cc([N+](=O)[O-])ccc1Cl. The topological polar surface area (TPSA) is 67.5 Å². The minimum absolute atomic E-state index is 0.0000491. The maximum Gasteiger partial charge on any atom is 0.270 e. The van der Waals surface area contributed by atoms with Gasteiger partial charge in [-0.15, -0.1) is 0 Å². The number of nitrogens with one attached hydrogen (secondary N) is 1. The van der Waals surface area contributed by atoms with E-state index >= 15 is 0 Å². The highest BCUT2D eigenvalue weighted by Gasteiger charge is 2.11. The minimum atomic E-state index is -0.466. The molecule has 0 aromatic heterocycles. The standard InChI is InChI=1S/C9H10ClN3O2/c1-6(12-11-2)8-5-7(13(14)15)3-4-9(8)10/h3-5,11H,1-2H3. The molecule has 1 N–H and O–H groups in total. The molecule has 0 saturated heterocycles. The molecule has 1 aromatic rings. The summed E-state index contributed by atoms with van der Waals surface area (Å²) in [5.74, 6) is 0. The van der Waals surface area contributed by atoms with Gasteiger partial charge in [-0.25, -0.2) is 0 Å². The quantitative estimate of drug-likeness (QED) is 0.489. The fourth-order valence-electron chi connectivity index (χ4n) is 1.13. The Hall–Kier alpha value is -1.62. The number of nitro benzene ring substituents is 1. The second-order valence-electron chi connectivity index (χ2n) is 2.84. The van der Waals surface area contributed by atoms with Gasteiger partial charge >= 0.3 is 0 Å². The highest BCUT2D eigenvalue weighted by molar-refractivity contribution is 6.34. The molecule has 80 valence electrons. The molecule has 1 aromatic carbocycles. The molecule has 0 atom stereocenters. The predicted molar refractivity (Wildman–Crippen MR) is 59.4 cm³/mol. The van der Waals surface area contributed by atoms with Crippen LogP contribution in [0.3, 0.4) is 0 Å². The number of hydrazone groups is 1. The largest absolute Gasteiger partial charge is 0.313 e. The molecule has 0 aliphatic carbocycles. The van der Waals surface area contributed by atoms with Crippen molar-refractivity contribution in [3.8, 4) is 0 Å². The van der Waals surface area contributed by atoms with Crippen molar-refractivity contribution >= 4 is 23.0 Å². The van der Waals surface area contributed by atoms with Crippen LogP contribution < -0.4 is 5.43 Å². The molecule has 0 fully saturated rings. The highest BCUT2D eigenvalue weighted by Crippen LogP contribution is 2.22. The van der Waals surface area contributed by atoms with Gasteiger partial charge in [0.15, 0.2) is 0 Å². The molecule has 0 aliphatic heterocycles. The van der Waals surface area contributed by atoms with Crippen LogP contribution in [0, 0.1) is 10.1 Å². The molecular weight excluding hydrogens is 218 g/mol. The number of halogens is 1. The molecule has 1 rings (SSSR count). The lowest BCUT2D eigenvalue weighted by Gasteiger charge is -2.03. The van der Waals surface area contributed by atoms with Crippen molar-refractivity contribution in [1.82, 2.24) is 5.43 Å². The van der Waals surface area contributed by atoms with Crippen LogP contribution >= 0.6 is 11.6 Å². The monoisotopic (exact) mass is 227 g/mol. The van der Waals surface area contributed by atoms with Crippen LogP contribution in [0.4, 0.5) is 5.69 Å². The van der Waals surface area contributed by atoms with E-state index in [-0.39, 0.29) is 5.69 Å². The predicted octanol–water partition coefficient (Wildman–Crippen LogP) is 2.19. The molecule has 15 heavy (non-hydrogen) atoms. The fraction of sp³-hybridized carbons (Fsp3) is 0.222. The molecule has 5 nitrogen and oxygen atoms in total. The minimum Gasteiger partial charge on any atom is -0.313 e. The first kappa shape index (κ1) is 11.5. The summed E-state index contributed by atoms with van der Waals surface area (Å²) in [6.07, 6.45) is 0. The summed E-state index contributed by atoms with van der Waals surface area (Å²) in [5, 5.41) is 14.9. The Balaban J connectivity index is 3.22. The molecule has 0 amide bonds. The van der Waals surface area contributed by atoms with E-state index in [1.807, 2.05) is 0 Å². The van der Waals surface area contributed by atoms with E-state index in [9.17, 15) is 10.1 Å². The van der Waals surface area contributed by atoms with Gasteiger partial charge < -0.3 is 5.43 Å². The van der Waals surface area contributed by atoms with E-state index in [0.29, 0.717) is 16.3 Å². The van der Waals surface area contributed by atoms with Crippen molar-refractivity contribution in [2.75, 3.05) is 7.05 Å². The van der Waals surface area contributed by atoms with Crippen molar-refractivity contribution in [3.05, 3.63) is 38.9 Å². The van der Waals surface area contributed by atoms with Crippen molar-refractivity contribution in [2.24, 2.45) is 5.10 Å². The third kappa shape index (κ3) is 2.66. The molecule has 0 saturated carbocycles. The Morgan fingerprint density at radius 3 is 2.80 bits per heavy atom. The van der Waals surface area contributed by atoms with E-state index in [4.69, 9.17) is 11.6 Å². The molecule has 6 heteroatoms. The average molecular weight is 228 g/mol. The van der Waals surface area contributed by atoms with E-state index in [1.165, 1.54) is 18.2 Å². The number of hydrogen-bond acceptors (Lipinski definition) is 4. The Bertz CT molecular complexity index is 418. The van der Waals surface area contributed by atoms with E-state index < -0.39 is 4.92 Å². The maximum absolute atomic E-state index is 10.6. The zero-order chi connectivity index (χ0) is 11.4. The Labute approximate surface area is 91.9 Å². The van der Waals surface area contributed by atoms with Crippen LogP contribution in [0.15, 0.2) is 23.3 Å². The van der Waals surface area contributed by atoms with Gasteiger partial charge in [-0.1, -0.05) is 11.6 Å². The number of nitrogens with zero attached hydrogens (tertiary/aromatic N) is 2. The first-order valence-corrected chi connectivity index (χ1v) is 4.59. The molecule has 0 unspecified atom stereocenters. The second-order valence-corrected chi connectivity index (χ2v) is 3.25. The van der Waals surface area contributed by atoms with Gasteiger partial charge in [0, 0.05) is 24.7 Å². The van der Waals surface area contributed by atoms with Crippen LogP contribution in [0.25, 0.3) is 0 Å². The lowest BCUT2D eigenvalue weighted by atomic mass is 10.1. The average Bonchev–Trinajstić information content (AvgIpc) is 2.18. The van der Waals surface area contributed by atoms with E-state index in [0.717, 1.165) is 0 Å². The molecular formula is C9H10ClN3O2. The molecule has 0 aliphatic rings. The third-order valence-electron chi connectivity index (χ3n) is 1.83. The van der Waals surface area contributed by atoms with Crippen LogP contribution in [-0.4, -0.2) is 17.7 Å². The van der Waals surface area contributed by atoms with E-state index in [1.54, 1.807) is 14.0 Å². The van der Waals surface area contributed by atoms with Crippen molar-refractivity contribution in [1.29, 1.82) is 0 Å². The molecule has 0 spiro atoms. The zero-order valence-corrected chi connectivity index (χ0v) is 9.08. The summed E-state index contributed by atoms with van der Waals surface area (Å²) < 4.78 is 0. The summed E-state index contributed by atoms with van der Waals surface area (Å²) in [7, 11) is 1.65. The number of nitro groups is 1. The third-order valence-corrected chi connectivity index (χ3v) is 2.16. The first-order valence-electron chi connectivity index (χ1n) is 4.21. The van der Waals surface area contributed by atoms with Crippen molar-refractivity contribution in [3.63, 3.8) is 0 Å². The Morgan fingerprint density at radius 2 is 2.27 bits per heavy atom. The zero-order valence-electron chi connectivity index (χ0n) is 8.32. The van der Waals surface area contributed by atoms with E-state index in [2.05, 4.69) is 10.5 Å². The van der Waals surface area contributed by atoms with Crippen LogP contribution in [0.2, 0.25) is 5.02 Å². The summed E-state index contributed by atoms with van der Waals surface area (Å²) in [6, 6.07) is 4.25.